The number of nitrogens with one attached hydrogen (secondary N) is 1. The van der Waals surface area contributed by atoms with Crippen molar-refractivity contribution in [2.45, 2.75) is 18.2 Å². The van der Waals surface area contributed by atoms with Gasteiger partial charge in [-0.05, 0) is 55.0 Å². The summed E-state index contributed by atoms with van der Waals surface area (Å²) in [6.07, 6.45) is 0.225. The number of nitrogens with zero attached hydrogens (tertiary/aromatic N) is 2. The van der Waals surface area contributed by atoms with E-state index in [0.717, 1.165) is 11.6 Å². The summed E-state index contributed by atoms with van der Waals surface area (Å²) in [7, 11) is -2.17. The first-order valence-electron chi connectivity index (χ1n) is 8.11. The highest BCUT2D eigenvalue weighted by atomic mass is 32.2. The molecule has 0 aliphatic heterocycles. The van der Waals surface area contributed by atoms with Gasteiger partial charge in [-0.1, -0.05) is 0 Å². The zero-order valence-electron chi connectivity index (χ0n) is 14.8. The van der Waals surface area contributed by atoms with Crippen LogP contribution in [0.4, 0.5) is 4.39 Å². The second-order valence-corrected chi connectivity index (χ2v) is 7.56. The number of ether oxygens (including phenoxy) is 1. The van der Waals surface area contributed by atoms with Gasteiger partial charge in [-0.3, -0.25) is 0 Å². The molecule has 0 aliphatic rings. The molecular weight excluding hydrogens is 373 g/mol. The van der Waals surface area contributed by atoms with Gasteiger partial charge in [0.25, 0.3) is 0 Å². The molecule has 3 aromatic rings. The Hall–Kier alpha value is -2.78. The van der Waals surface area contributed by atoms with Gasteiger partial charge in [0.1, 0.15) is 11.6 Å². The molecule has 3 rings (SSSR count). The lowest BCUT2D eigenvalue weighted by atomic mass is 10.2. The number of halogens is 1. The van der Waals surface area contributed by atoms with E-state index in [1.165, 1.54) is 19.1 Å². The van der Waals surface area contributed by atoms with Gasteiger partial charge in [0.15, 0.2) is 0 Å². The van der Waals surface area contributed by atoms with Crippen LogP contribution in [0.1, 0.15) is 11.5 Å². The van der Waals surface area contributed by atoms with Crippen LogP contribution in [0.2, 0.25) is 0 Å². The molecule has 1 N–H and O–H groups in total. The van der Waals surface area contributed by atoms with Crippen LogP contribution in [0, 0.1) is 12.7 Å². The fourth-order valence-electron chi connectivity index (χ4n) is 2.36. The van der Waals surface area contributed by atoms with Crippen LogP contribution in [0.25, 0.3) is 11.5 Å². The van der Waals surface area contributed by atoms with Gasteiger partial charge >= 0.3 is 0 Å². The fourth-order valence-corrected chi connectivity index (χ4v) is 3.48. The Labute approximate surface area is 156 Å². The fraction of sp³-hybridized carbons (Fsp3) is 0.222. The van der Waals surface area contributed by atoms with Crippen molar-refractivity contribution in [3.8, 4) is 17.2 Å². The molecule has 1 aromatic heterocycles. The van der Waals surface area contributed by atoms with Gasteiger partial charge in [0.05, 0.1) is 12.0 Å². The molecule has 0 aliphatic carbocycles. The first kappa shape index (κ1) is 19.0. The van der Waals surface area contributed by atoms with Crippen molar-refractivity contribution in [1.29, 1.82) is 0 Å². The number of aromatic nitrogens is 2. The standard InChI is InChI=1S/C18H18FN3O4S/c1-12-11-15(7-8-16(12)19)27(23,24)20-10-9-17-21-22-18(26-17)13-3-5-14(25-2)6-4-13/h3-8,11,20H,9-10H2,1-2H3. The minimum absolute atomic E-state index is 0.00542. The summed E-state index contributed by atoms with van der Waals surface area (Å²) in [4.78, 5) is 0.00542. The molecule has 7 nitrogen and oxygen atoms in total. The van der Waals surface area contributed by atoms with Crippen molar-refractivity contribution < 1.29 is 22.0 Å². The highest BCUT2D eigenvalue weighted by Crippen LogP contribution is 2.21. The third-order valence-electron chi connectivity index (χ3n) is 3.87. The first-order valence-corrected chi connectivity index (χ1v) is 9.60. The molecule has 0 bridgehead atoms. The Bertz CT molecular complexity index is 1030. The van der Waals surface area contributed by atoms with Gasteiger partial charge in [-0.2, -0.15) is 0 Å². The molecule has 2 aromatic carbocycles. The number of hydrogen-bond acceptors (Lipinski definition) is 6. The molecule has 0 spiro atoms. The Morgan fingerprint density at radius 3 is 2.56 bits per heavy atom. The number of aryl methyl sites for hydroxylation is 1. The SMILES string of the molecule is COc1ccc(-c2nnc(CCNS(=O)(=O)c3ccc(F)c(C)c3)o2)cc1. The molecule has 0 amide bonds. The van der Waals surface area contributed by atoms with Gasteiger partial charge in [-0.25, -0.2) is 17.5 Å². The molecule has 0 radical (unpaired) electrons. The van der Waals surface area contributed by atoms with E-state index in [4.69, 9.17) is 9.15 Å². The van der Waals surface area contributed by atoms with Crippen LogP contribution in [-0.2, 0) is 16.4 Å². The van der Waals surface area contributed by atoms with Crippen molar-refractivity contribution >= 4 is 10.0 Å². The van der Waals surface area contributed by atoms with Crippen LogP contribution in [-0.4, -0.2) is 32.3 Å². The normalized spacial score (nSPS) is 11.5. The molecule has 0 fully saturated rings. The zero-order valence-corrected chi connectivity index (χ0v) is 15.6. The van der Waals surface area contributed by atoms with Crippen molar-refractivity contribution in [3.05, 3.63) is 59.7 Å². The van der Waals surface area contributed by atoms with Gasteiger partial charge in [0, 0.05) is 18.5 Å². The van der Waals surface area contributed by atoms with Crippen molar-refractivity contribution in [3.63, 3.8) is 0 Å². The molecule has 0 saturated heterocycles. The number of methoxy groups -OCH3 is 1. The first-order chi connectivity index (χ1) is 12.9. The molecular formula is C18H18FN3O4S. The average molecular weight is 391 g/mol. The van der Waals surface area contributed by atoms with Gasteiger partial charge < -0.3 is 9.15 Å². The maximum atomic E-state index is 13.3. The van der Waals surface area contributed by atoms with Crippen LogP contribution in [0.3, 0.4) is 0 Å². The van der Waals surface area contributed by atoms with E-state index in [-0.39, 0.29) is 23.4 Å². The Morgan fingerprint density at radius 1 is 1.15 bits per heavy atom. The quantitative estimate of drug-likeness (QED) is 0.666. The van der Waals surface area contributed by atoms with Crippen LogP contribution in [0.5, 0.6) is 5.75 Å². The van der Waals surface area contributed by atoms with E-state index in [9.17, 15) is 12.8 Å². The molecule has 142 valence electrons. The molecule has 1 heterocycles. The summed E-state index contributed by atoms with van der Waals surface area (Å²) in [5, 5.41) is 7.88. The van der Waals surface area contributed by atoms with Crippen molar-refractivity contribution in [2.24, 2.45) is 0 Å². The zero-order chi connectivity index (χ0) is 19.4. The summed E-state index contributed by atoms with van der Waals surface area (Å²) in [5.41, 5.74) is 0.996. The highest BCUT2D eigenvalue weighted by molar-refractivity contribution is 7.89. The smallest absolute Gasteiger partial charge is 0.247 e. The third-order valence-corrected chi connectivity index (χ3v) is 5.33. The summed E-state index contributed by atoms with van der Waals surface area (Å²) in [6.45, 7) is 1.58. The summed E-state index contributed by atoms with van der Waals surface area (Å²) in [5.74, 6) is 0.901. The lowest BCUT2D eigenvalue weighted by Crippen LogP contribution is -2.26. The van der Waals surface area contributed by atoms with Crippen molar-refractivity contribution in [2.75, 3.05) is 13.7 Å². The minimum atomic E-state index is -3.74. The van der Waals surface area contributed by atoms with Gasteiger partial charge in [-0.15, -0.1) is 10.2 Å². The number of sulfonamides is 1. The lowest BCUT2D eigenvalue weighted by molar-refractivity contribution is 0.415. The van der Waals surface area contributed by atoms with Crippen molar-refractivity contribution in [1.82, 2.24) is 14.9 Å². The number of hydrogen-bond donors (Lipinski definition) is 1. The summed E-state index contributed by atoms with van der Waals surface area (Å²) >= 11 is 0. The number of benzene rings is 2. The maximum Gasteiger partial charge on any atom is 0.247 e. The van der Waals surface area contributed by atoms with E-state index < -0.39 is 15.8 Å². The largest absolute Gasteiger partial charge is 0.497 e. The Morgan fingerprint density at radius 2 is 1.89 bits per heavy atom. The second kappa shape index (κ2) is 7.85. The molecule has 27 heavy (non-hydrogen) atoms. The minimum Gasteiger partial charge on any atom is -0.497 e. The molecule has 9 heteroatoms. The monoisotopic (exact) mass is 391 g/mol. The topological polar surface area (TPSA) is 94.3 Å². The maximum absolute atomic E-state index is 13.3. The average Bonchev–Trinajstić information content (AvgIpc) is 3.12. The summed E-state index contributed by atoms with van der Waals surface area (Å²) in [6, 6.07) is 10.8. The van der Waals surface area contributed by atoms with E-state index in [0.29, 0.717) is 17.5 Å². The van der Waals surface area contributed by atoms with Crippen LogP contribution >= 0.6 is 0 Å². The van der Waals surface area contributed by atoms with Crippen LogP contribution in [0.15, 0.2) is 51.8 Å². The predicted octanol–water partition coefficient (Wildman–Crippen LogP) is 2.71. The Balaban J connectivity index is 1.62. The third kappa shape index (κ3) is 4.50. The molecule has 0 saturated carbocycles. The van der Waals surface area contributed by atoms with Gasteiger partial charge in [0.2, 0.25) is 21.8 Å². The molecule has 0 unspecified atom stereocenters. The van der Waals surface area contributed by atoms with E-state index in [2.05, 4.69) is 14.9 Å². The second-order valence-electron chi connectivity index (χ2n) is 5.79. The predicted molar refractivity (Wildman–Crippen MR) is 96.3 cm³/mol. The summed E-state index contributed by atoms with van der Waals surface area (Å²) < 4.78 is 50.9. The molecule has 0 atom stereocenters. The Kier molecular flexibility index (Phi) is 5.52. The number of rotatable bonds is 7. The van der Waals surface area contributed by atoms with E-state index >= 15 is 0 Å². The van der Waals surface area contributed by atoms with E-state index in [1.54, 1.807) is 31.4 Å². The van der Waals surface area contributed by atoms with E-state index in [1.807, 2.05) is 0 Å². The van der Waals surface area contributed by atoms with Crippen LogP contribution < -0.4 is 9.46 Å². The lowest BCUT2D eigenvalue weighted by Gasteiger charge is -2.06. The highest BCUT2D eigenvalue weighted by Gasteiger charge is 2.16.